The Kier molecular flexibility index (Phi) is 6.11. The molecule has 1 aromatic carbocycles. The van der Waals surface area contributed by atoms with Gasteiger partial charge in [-0.1, -0.05) is 6.07 Å². The van der Waals surface area contributed by atoms with Gasteiger partial charge in [0.05, 0.1) is 5.69 Å². The van der Waals surface area contributed by atoms with E-state index in [9.17, 15) is 9.59 Å². The van der Waals surface area contributed by atoms with Gasteiger partial charge in [-0.05, 0) is 18.2 Å². The van der Waals surface area contributed by atoms with Gasteiger partial charge in [-0.15, -0.1) is 0 Å². The molecular weight excluding hydrogens is 388 g/mol. The summed E-state index contributed by atoms with van der Waals surface area (Å²) in [6.45, 7) is 3.76. The van der Waals surface area contributed by atoms with Gasteiger partial charge < -0.3 is 29.9 Å². The fourth-order valence-electron chi connectivity index (χ4n) is 3.39. The molecule has 158 valence electrons. The summed E-state index contributed by atoms with van der Waals surface area (Å²) in [4.78, 5) is 37.0. The molecule has 4 rings (SSSR count). The zero-order chi connectivity index (χ0) is 20.8. The molecule has 1 fully saturated rings. The first-order valence-electron chi connectivity index (χ1n) is 9.94. The minimum absolute atomic E-state index is 0.0118. The largest absolute Gasteiger partial charge is 0.486 e. The van der Waals surface area contributed by atoms with Crippen molar-refractivity contribution in [2.45, 2.75) is 6.42 Å². The number of benzene rings is 1. The molecule has 30 heavy (non-hydrogen) atoms. The minimum Gasteiger partial charge on any atom is -0.486 e. The van der Waals surface area contributed by atoms with Gasteiger partial charge in [0.15, 0.2) is 11.5 Å². The van der Waals surface area contributed by atoms with Crippen LogP contribution >= 0.6 is 0 Å². The van der Waals surface area contributed by atoms with Crippen LogP contribution in [0.4, 0.5) is 16.4 Å². The zero-order valence-electron chi connectivity index (χ0n) is 16.5. The van der Waals surface area contributed by atoms with E-state index in [-0.39, 0.29) is 18.9 Å². The van der Waals surface area contributed by atoms with Crippen LogP contribution in [0.1, 0.15) is 6.42 Å². The monoisotopic (exact) mass is 412 g/mol. The highest BCUT2D eigenvalue weighted by Crippen LogP contribution is 2.37. The number of rotatable bonds is 5. The number of urea groups is 1. The number of carbonyl (C=O) groups is 2. The number of anilines is 2. The van der Waals surface area contributed by atoms with Crippen molar-refractivity contribution in [1.29, 1.82) is 0 Å². The SMILES string of the molecule is O=C(NCCC(=O)N1CCN(c2ncccn2)CC1)Nc1cccc2c1OCCO2. The fourth-order valence-corrected chi connectivity index (χ4v) is 3.39. The molecule has 2 aromatic rings. The van der Waals surface area contributed by atoms with E-state index in [1.54, 1.807) is 41.6 Å². The van der Waals surface area contributed by atoms with Crippen molar-refractivity contribution < 1.29 is 19.1 Å². The summed E-state index contributed by atoms with van der Waals surface area (Å²) in [5.41, 5.74) is 0.537. The van der Waals surface area contributed by atoms with E-state index in [2.05, 4.69) is 25.5 Å². The molecule has 0 atom stereocenters. The standard InChI is InChI=1S/C20H24N6O4/c27-17(25-9-11-26(12-10-25)19-21-6-2-7-22-19)5-8-23-20(28)24-15-3-1-4-16-18(15)30-14-13-29-16/h1-4,6-7H,5,8-14H2,(H2,23,24,28). The lowest BCUT2D eigenvalue weighted by Gasteiger charge is -2.34. The number of ether oxygens (including phenoxy) is 2. The van der Waals surface area contributed by atoms with Gasteiger partial charge >= 0.3 is 6.03 Å². The third-order valence-electron chi connectivity index (χ3n) is 4.91. The Bertz CT molecular complexity index is 886. The van der Waals surface area contributed by atoms with Crippen molar-refractivity contribution >= 4 is 23.6 Å². The quantitative estimate of drug-likeness (QED) is 0.757. The number of piperazine rings is 1. The highest BCUT2D eigenvalue weighted by Gasteiger charge is 2.22. The van der Waals surface area contributed by atoms with Gasteiger partial charge in [-0.25, -0.2) is 14.8 Å². The Hall–Kier alpha value is -3.56. The summed E-state index contributed by atoms with van der Waals surface area (Å²) in [6, 6.07) is 6.71. The highest BCUT2D eigenvalue weighted by molar-refractivity contribution is 5.92. The Labute approximate surface area is 174 Å². The summed E-state index contributed by atoms with van der Waals surface area (Å²) < 4.78 is 11.1. The number of carbonyl (C=O) groups excluding carboxylic acids is 2. The molecule has 3 amide bonds. The number of nitrogens with one attached hydrogen (secondary N) is 2. The van der Waals surface area contributed by atoms with Crippen LogP contribution in [0.25, 0.3) is 0 Å². The van der Waals surface area contributed by atoms with Gasteiger partial charge in [-0.3, -0.25) is 4.79 Å². The number of aromatic nitrogens is 2. The van der Waals surface area contributed by atoms with Gasteiger partial charge in [0.25, 0.3) is 0 Å². The van der Waals surface area contributed by atoms with Crippen LogP contribution in [0.15, 0.2) is 36.7 Å². The maximum absolute atomic E-state index is 12.4. The minimum atomic E-state index is -0.392. The predicted octanol–water partition coefficient (Wildman–Crippen LogP) is 1.11. The van der Waals surface area contributed by atoms with Crippen LogP contribution in [0, 0.1) is 0 Å². The van der Waals surface area contributed by atoms with E-state index < -0.39 is 6.03 Å². The van der Waals surface area contributed by atoms with Crippen molar-refractivity contribution in [2.75, 3.05) is 56.2 Å². The highest BCUT2D eigenvalue weighted by atomic mass is 16.6. The Morgan fingerprint density at radius 2 is 1.77 bits per heavy atom. The van der Waals surface area contributed by atoms with Gasteiger partial charge in [0.2, 0.25) is 11.9 Å². The molecule has 3 heterocycles. The maximum Gasteiger partial charge on any atom is 0.319 e. The number of hydrogen-bond acceptors (Lipinski definition) is 7. The summed E-state index contributed by atoms with van der Waals surface area (Å²) in [7, 11) is 0. The van der Waals surface area contributed by atoms with Crippen molar-refractivity contribution in [3.8, 4) is 11.5 Å². The number of amides is 3. The molecule has 0 saturated carbocycles. The van der Waals surface area contributed by atoms with Crippen molar-refractivity contribution in [3.05, 3.63) is 36.7 Å². The summed E-state index contributed by atoms with van der Waals surface area (Å²) in [6.07, 6.45) is 3.66. The maximum atomic E-state index is 12.4. The third kappa shape index (κ3) is 4.70. The molecule has 2 aliphatic rings. The number of fused-ring (bicyclic) bond motifs is 1. The summed E-state index contributed by atoms with van der Waals surface area (Å²) in [5, 5.41) is 5.47. The zero-order valence-corrected chi connectivity index (χ0v) is 16.5. The lowest BCUT2D eigenvalue weighted by Crippen LogP contribution is -2.49. The van der Waals surface area contributed by atoms with Crippen LogP contribution < -0.4 is 25.0 Å². The van der Waals surface area contributed by atoms with Crippen molar-refractivity contribution in [1.82, 2.24) is 20.2 Å². The fraction of sp³-hybridized carbons (Fsp3) is 0.400. The van der Waals surface area contributed by atoms with E-state index in [0.29, 0.717) is 62.5 Å². The summed E-state index contributed by atoms with van der Waals surface area (Å²) in [5.74, 6) is 1.82. The molecular formula is C20H24N6O4. The second-order valence-electron chi connectivity index (χ2n) is 6.88. The molecule has 0 bridgehead atoms. The van der Waals surface area contributed by atoms with Crippen LogP contribution in [-0.2, 0) is 4.79 Å². The first kappa shape index (κ1) is 19.7. The predicted molar refractivity (Wildman–Crippen MR) is 110 cm³/mol. The molecule has 1 saturated heterocycles. The smallest absolute Gasteiger partial charge is 0.319 e. The second kappa shape index (κ2) is 9.29. The van der Waals surface area contributed by atoms with Crippen molar-refractivity contribution in [2.24, 2.45) is 0 Å². The summed E-state index contributed by atoms with van der Waals surface area (Å²) >= 11 is 0. The lowest BCUT2D eigenvalue weighted by molar-refractivity contribution is -0.131. The van der Waals surface area contributed by atoms with Crippen LogP contribution in [0.3, 0.4) is 0 Å². The molecule has 10 heteroatoms. The van der Waals surface area contributed by atoms with Gasteiger partial charge in [-0.2, -0.15) is 0 Å². The average Bonchev–Trinajstić information content (AvgIpc) is 2.80. The molecule has 10 nitrogen and oxygen atoms in total. The Morgan fingerprint density at radius 3 is 2.57 bits per heavy atom. The van der Waals surface area contributed by atoms with E-state index in [1.807, 2.05) is 0 Å². The van der Waals surface area contributed by atoms with E-state index in [4.69, 9.17) is 9.47 Å². The number of hydrogen-bond donors (Lipinski definition) is 2. The molecule has 0 aliphatic carbocycles. The second-order valence-corrected chi connectivity index (χ2v) is 6.88. The molecule has 1 aromatic heterocycles. The molecule has 2 aliphatic heterocycles. The Morgan fingerprint density at radius 1 is 1.00 bits per heavy atom. The third-order valence-corrected chi connectivity index (χ3v) is 4.91. The Balaban J connectivity index is 1.19. The first-order chi connectivity index (χ1) is 14.7. The lowest BCUT2D eigenvalue weighted by atomic mass is 10.2. The molecule has 0 spiro atoms. The van der Waals surface area contributed by atoms with Crippen LogP contribution in [0.5, 0.6) is 11.5 Å². The number of nitrogens with zero attached hydrogens (tertiary/aromatic N) is 4. The molecule has 0 radical (unpaired) electrons. The first-order valence-corrected chi connectivity index (χ1v) is 9.94. The van der Waals surface area contributed by atoms with Gasteiger partial charge in [0.1, 0.15) is 13.2 Å². The van der Waals surface area contributed by atoms with Gasteiger partial charge in [0, 0.05) is 51.5 Å². The van der Waals surface area contributed by atoms with Crippen LogP contribution in [0.2, 0.25) is 0 Å². The normalized spacial score (nSPS) is 15.5. The number of para-hydroxylation sites is 1. The average molecular weight is 412 g/mol. The van der Waals surface area contributed by atoms with E-state index >= 15 is 0 Å². The van der Waals surface area contributed by atoms with Crippen LogP contribution in [-0.4, -0.2) is 72.7 Å². The topological polar surface area (TPSA) is 109 Å². The van der Waals surface area contributed by atoms with E-state index in [0.717, 1.165) is 0 Å². The van der Waals surface area contributed by atoms with Crippen molar-refractivity contribution in [3.63, 3.8) is 0 Å². The van der Waals surface area contributed by atoms with E-state index in [1.165, 1.54) is 0 Å². The molecule has 2 N–H and O–H groups in total. The molecule has 0 unspecified atom stereocenters.